The smallest absolute Gasteiger partial charge is 0.489 e. The third kappa shape index (κ3) is 3.05. The van der Waals surface area contributed by atoms with Crippen LogP contribution in [0.4, 0.5) is 17.6 Å². The minimum Gasteiger partial charge on any atom is -0.489 e. The van der Waals surface area contributed by atoms with Crippen LogP contribution in [0.2, 0.25) is 0 Å². The molecule has 1 heterocycles. The predicted octanol–water partition coefficient (Wildman–Crippen LogP) is 4.55. The van der Waals surface area contributed by atoms with E-state index in [0.717, 1.165) is 0 Å². The highest BCUT2D eigenvalue weighted by molar-refractivity contribution is 5.84. The van der Waals surface area contributed by atoms with Crippen LogP contribution in [0.1, 0.15) is 11.1 Å². The van der Waals surface area contributed by atoms with Gasteiger partial charge in [-0.15, -0.1) is 13.2 Å². The van der Waals surface area contributed by atoms with E-state index in [2.05, 4.69) is 4.74 Å². The van der Waals surface area contributed by atoms with Crippen molar-refractivity contribution >= 4 is 5.57 Å². The molecule has 2 nitrogen and oxygen atoms in total. The SMILES string of the molecule is Fc1ccc(C2=CCOc3ccc(OC(F)(F)F)cc32)cc1. The van der Waals surface area contributed by atoms with Crippen LogP contribution in [0.25, 0.3) is 5.57 Å². The molecule has 0 unspecified atom stereocenters. The van der Waals surface area contributed by atoms with E-state index in [1.807, 2.05) is 0 Å². The van der Waals surface area contributed by atoms with E-state index in [-0.39, 0.29) is 11.6 Å². The van der Waals surface area contributed by atoms with Gasteiger partial charge in [0.05, 0.1) is 0 Å². The highest BCUT2D eigenvalue weighted by Gasteiger charge is 2.31. The summed E-state index contributed by atoms with van der Waals surface area (Å²) < 4.78 is 59.3. The van der Waals surface area contributed by atoms with Gasteiger partial charge in [-0.25, -0.2) is 4.39 Å². The average Bonchev–Trinajstić information content (AvgIpc) is 2.46. The number of halogens is 4. The maximum atomic E-state index is 13.0. The van der Waals surface area contributed by atoms with Gasteiger partial charge in [0.1, 0.15) is 23.9 Å². The first-order valence-electron chi connectivity index (χ1n) is 6.41. The van der Waals surface area contributed by atoms with Crippen molar-refractivity contribution in [2.75, 3.05) is 6.61 Å². The van der Waals surface area contributed by atoms with Crippen LogP contribution in [0.5, 0.6) is 11.5 Å². The van der Waals surface area contributed by atoms with Crippen LogP contribution in [0, 0.1) is 5.82 Å². The van der Waals surface area contributed by atoms with Gasteiger partial charge in [0.15, 0.2) is 0 Å². The Bertz CT molecular complexity index is 718. The van der Waals surface area contributed by atoms with E-state index >= 15 is 0 Å². The molecule has 0 aromatic heterocycles. The Morgan fingerprint density at radius 3 is 2.41 bits per heavy atom. The van der Waals surface area contributed by atoms with Crippen molar-refractivity contribution in [3.63, 3.8) is 0 Å². The van der Waals surface area contributed by atoms with Crippen LogP contribution in [-0.4, -0.2) is 13.0 Å². The standard InChI is InChI=1S/C16H10F4O2/c17-11-3-1-10(2-4-11)13-7-8-21-15-6-5-12(9-14(13)15)22-16(18,19)20/h1-7,9H,8H2. The molecular formula is C16H10F4O2. The summed E-state index contributed by atoms with van der Waals surface area (Å²) in [6.45, 7) is 0.291. The first-order chi connectivity index (χ1) is 10.4. The number of fused-ring (bicyclic) bond motifs is 1. The Kier molecular flexibility index (Phi) is 3.52. The highest BCUT2D eigenvalue weighted by Crippen LogP contribution is 2.37. The van der Waals surface area contributed by atoms with Gasteiger partial charge in [-0.2, -0.15) is 0 Å². The van der Waals surface area contributed by atoms with Crippen molar-refractivity contribution in [1.82, 2.24) is 0 Å². The van der Waals surface area contributed by atoms with Gasteiger partial charge in [0, 0.05) is 5.56 Å². The fourth-order valence-corrected chi connectivity index (χ4v) is 2.27. The first kappa shape index (κ1) is 14.4. The molecule has 0 aliphatic carbocycles. The lowest BCUT2D eigenvalue weighted by atomic mass is 9.95. The normalized spacial score (nSPS) is 13.9. The number of ether oxygens (including phenoxy) is 2. The van der Waals surface area contributed by atoms with E-state index in [1.54, 1.807) is 18.2 Å². The van der Waals surface area contributed by atoms with E-state index < -0.39 is 6.36 Å². The van der Waals surface area contributed by atoms with Crippen LogP contribution in [-0.2, 0) is 0 Å². The van der Waals surface area contributed by atoms with Gasteiger partial charge >= 0.3 is 6.36 Å². The second-order valence-electron chi connectivity index (χ2n) is 4.64. The molecule has 2 aromatic carbocycles. The van der Waals surface area contributed by atoms with Gasteiger partial charge < -0.3 is 9.47 Å². The van der Waals surface area contributed by atoms with Gasteiger partial charge in [-0.1, -0.05) is 12.1 Å². The fraction of sp³-hybridized carbons (Fsp3) is 0.125. The van der Waals surface area contributed by atoms with E-state index in [9.17, 15) is 17.6 Å². The third-order valence-corrected chi connectivity index (χ3v) is 3.16. The van der Waals surface area contributed by atoms with Crippen molar-refractivity contribution in [3.05, 3.63) is 65.5 Å². The monoisotopic (exact) mass is 310 g/mol. The maximum Gasteiger partial charge on any atom is 0.573 e. The number of hydrogen-bond acceptors (Lipinski definition) is 2. The average molecular weight is 310 g/mol. The molecular weight excluding hydrogens is 300 g/mol. The Morgan fingerprint density at radius 1 is 1.00 bits per heavy atom. The molecule has 1 aliphatic heterocycles. The predicted molar refractivity (Wildman–Crippen MR) is 72.1 cm³/mol. The molecule has 22 heavy (non-hydrogen) atoms. The lowest BCUT2D eigenvalue weighted by Crippen LogP contribution is -2.17. The zero-order valence-corrected chi connectivity index (χ0v) is 11.2. The Morgan fingerprint density at radius 2 is 1.73 bits per heavy atom. The molecule has 114 valence electrons. The minimum atomic E-state index is -4.76. The lowest BCUT2D eigenvalue weighted by Gasteiger charge is -2.20. The van der Waals surface area contributed by atoms with E-state index in [0.29, 0.717) is 29.1 Å². The number of hydrogen-bond donors (Lipinski definition) is 0. The van der Waals surface area contributed by atoms with Gasteiger partial charge in [0.25, 0.3) is 0 Å². The Hall–Kier alpha value is -2.50. The van der Waals surface area contributed by atoms with E-state index in [4.69, 9.17) is 4.74 Å². The summed E-state index contributed by atoms with van der Waals surface area (Å²) >= 11 is 0. The largest absolute Gasteiger partial charge is 0.573 e. The van der Waals surface area contributed by atoms with Gasteiger partial charge in [-0.3, -0.25) is 0 Å². The Balaban J connectivity index is 2.01. The zero-order valence-electron chi connectivity index (χ0n) is 11.2. The zero-order chi connectivity index (χ0) is 15.7. The summed E-state index contributed by atoms with van der Waals surface area (Å²) in [6, 6.07) is 9.59. The summed E-state index contributed by atoms with van der Waals surface area (Å²) in [5, 5.41) is 0. The van der Waals surface area contributed by atoms with Gasteiger partial charge in [-0.05, 0) is 47.5 Å². The van der Waals surface area contributed by atoms with Crippen molar-refractivity contribution < 1.29 is 27.0 Å². The van der Waals surface area contributed by atoms with E-state index in [1.165, 1.54) is 30.3 Å². The summed E-state index contributed by atoms with van der Waals surface area (Å²) in [6.07, 6.45) is -3.03. The van der Waals surface area contributed by atoms with Crippen LogP contribution < -0.4 is 9.47 Å². The Labute approximate surface area is 123 Å². The highest BCUT2D eigenvalue weighted by atomic mass is 19.4. The number of alkyl halides is 3. The molecule has 2 aromatic rings. The summed E-state index contributed by atoms with van der Waals surface area (Å²) in [5.41, 5.74) is 1.84. The molecule has 0 spiro atoms. The van der Waals surface area contributed by atoms with Crippen molar-refractivity contribution in [2.24, 2.45) is 0 Å². The van der Waals surface area contributed by atoms with Crippen LogP contribution in [0.15, 0.2) is 48.5 Å². The summed E-state index contributed by atoms with van der Waals surface area (Å²) in [4.78, 5) is 0. The molecule has 0 saturated heterocycles. The van der Waals surface area contributed by atoms with Crippen molar-refractivity contribution in [2.45, 2.75) is 6.36 Å². The molecule has 0 N–H and O–H groups in total. The molecule has 0 amide bonds. The molecule has 3 rings (SSSR count). The third-order valence-electron chi connectivity index (χ3n) is 3.16. The van der Waals surface area contributed by atoms with Crippen molar-refractivity contribution in [1.29, 1.82) is 0 Å². The summed E-state index contributed by atoms with van der Waals surface area (Å²) in [5.74, 6) is -0.258. The van der Waals surface area contributed by atoms with Crippen LogP contribution >= 0.6 is 0 Å². The molecule has 0 fully saturated rings. The number of rotatable bonds is 2. The molecule has 0 atom stereocenters. The fourth-order valence-electron chi connectivity index (χ4n) is 2.27. The topological polar surface area (TPSA) is 18.5 Å². The first-order valence-corrected chi connectivity index (χ1v) is 6.41. The van der Waals surface area contributed by atoms with Gasteiger partial charge in [0.2, 0.25) is 0 Å². The molecule has 0 saturated carbocycles. The summed E-state index contributed by atoms with van der Waals surface area (Å²) in [7, 11) is 0. The molecule has 1 aliphatic rings. The molecule has 6 heteroatoms. The number of benzene rings is 2. The quantitative estimate of drug-likeness (QED) is 0.758. The maximum absolute atomic E-state index is 13.0. The second-order valence-corrected chi connectivity index (χ2v) is 4.64. The molecule has 0 radical (unpaired) electrons. The lowest BCUT2D eigenvalue weighted by molar-refractivity contribution is -0.274. The minimum absolute atomic E-state index is 0.291. The molecule has 0 bridgehead atoms. The van der Waals surface area contributed by atoms with Crippen LogP contribution in [0.3, 0.4) is 0 Å². The van der Waals surface area contributed by atoms with Crippen molar-refractivity contribution in [3.8, 4) is 11.5 Å². The second kappa shape index (κ2) is 5.36.